The van der Waals surface area contributed by atoms with Gasteiger partial charge < -0.3 is 0 Å². The smallest absolute Gasteiger partial charge is 0.276 e. The van der Waals surface area contributed by atoms with Crippen LogP contribution in [0.15, 0.2) is 35.1 Å². The number of rotatable bonds is 4. The fourth-order valence-electron chi connectivity index (χ4n) is 2.06. The molecule has 0 spiro atoms. The highest BCUT2D eigenvalue weighted by Gasteiger charge is 2.33. The maximum atomic E-state index is 12.9. The molecule has 3 N–H and O–H groups in total. The number of aromatic nitrogens is 2. The number of halogens is 4. The van der Waals surface area contributed by atoms with Gasteiger partial charge >= 0.3 is 6.18 Å². The molecule has 0 bridgehead atoms. The van der Waals surface area contributed by atoms with Crippen LogP contribution in [0.3, 0.4) is 0 Å². The minimum Gasteiger partial charge on any atom is -0.276 e. The molecule has 2 rings (SSSR count). The van der Waals surface area contributed by atoms with Crippen molar-refractivity contribution < 1.29 is 13.2 Å². The number of hydrogen-bond acceptors (Lipinski definition) is 3. The highest BCUT2D eigenvalue weighted by molar-refractivity contribution is 9.10. The summed E-state index contributed by atoms with van der Waals surface area (Å²) >= 11 is 2.92. The molecule has 1 heterocycles. The van der Waals surface area contributed by atoms with Crippen molar-refractivity contribution >= 4 is 15.9 Å². The Kier molecular flexibility index (Phi) is 4.70. The number of hydrazine groups is 1. The van der Waals surface area contributed by atoms with Gasteiger partial charge in [-0.3, -0.25) is 16.0 Å². The molecule has 0 saturated carbocycles. The van der Waals surface area contributed by atoms with Crippen LogP contribution in [0, 0.1) is 0 Å². The summed E-state index contributed by atoms with van der Waals surface area (Å²) in [6, 6.07) is 3.67. The van der Waals surface area contributed by atoms with Crippen LogP contribution in [0.5, 0.6) is 0 Å². The summed E-state index contributed by atoms with van der Waals surface area (Å²) in [7, 11) is 1.77. The molecule has 0 saturated heterocycles. The first kappa shape index (κ1) is 16.0. The zero-order valence-corrected chi connectivity index (χ0v) is 12.7. The maximum absolute atomic E-state index is 12.9. The van der Waals surface area contributed by atoms with E-state index in [1.54, 1.807) is 30.2 Å². The second-order valence-electron chi connectivity index (χ2n) is 4.68. The van der Waals surface area contributed by atoms with E-state index in [-0.39, 0.29) is 4.47 Å². The van der Waals surface area contributed by atoms with Gasteiger partial charge in [-0.2, -0.15) is 18.3 Å². The molecular weight excluding hydrogens is 349 g/mol. The molecule has 21 heavy (non-hydrogen) atoms. The van der Waals surface area contributed by atoms with E-state index >= 15 is 0 Å². The molecule has 0 radical (unpaired) electrons. The summed E-state index contributed by atoms with van der Waals surface area (Å²) in [5.74, 6) is 5.49. The number of alkyl halides is 3. The predicted molar refractivity (Wildman–Crippen MR) is 76.1 cm³/mol. The fraction of sp³-hybridized carbons (Fsp3) is 0.308. The number of hydrogen-bond donors (Lipinski definition) is 2. The zero-order valence-electron chi connectivity index (χ0n) is 11.2. The van der Waals surface area contributed by atoms with Crippen molar-refractivity contribution in [3.63, 3.8) is 0 Å². The van der Waals surface area contributed by atoms with Gasteiger partial charge in [-0.05, 0) is 29.7 Å². The van der Waals surface area contributed by atoms with E-state index in [2.05, 4.69) is 26.5 Å². The van der Waals surface area contributed by atoms with Crippen molar-refractivity contribution in [1.29, 1.82) is 0 Å². The molecule has 0 fully saturated rings. The molecule has 1 aromatic heterocycles. The molecule has 0 amide bonds. The van der Waals surface area contributed by atoms with E-state index in [1.807, 2.05) is 0 Å². The van der Waals surface area contributed by atoms with E-state index in [9.17, 15) is 13.2 Å². The predicted octanol–water partition coefficient (Wildman–Crippen LogP) is 2.95. The first-order chi connectivity index (χ1) is 9.81. The van der Waals surface area contributed by atoms with Gasteiger partial charge in [0, 0.05) is 17.7 Å². The van der Waals surface area contributed by atoms with Crippen LogP contribution in [-0.4, -0.2) is 9.78 Å². The Labute approximate surface area is 128 Å². The zero-order chi connectivity index (χ0) is 15.6. The Balaban J connectivity index is 2.30. The molecule has 0 aliphatic heterocycles. The van der Waals surface area contributed by atoms with Crippen LogP contribution in [0.1, 0.15) is 22.7 Å². The quantitative estimate of drug-likeness (QED) is 0.649. The number of benzene rings is 1. The first-order valence-electron chi connectivity index (χ1n) is 6.11. The third-order valence-electron chi connectivity index (χ3n) is 3.10. The van der Waals surface area contributed by atoms with Gasteiger partial charge in [0.1, 0.15) is 0 Å². The van der Waals surface area contributed by atoms with Crippen LogP contribution in [-0.2, 0) is 19.6 Å². The van der Waals surface area contributed by atoms with E-state index in [0.29, 0.717) is 12.0 Å². The lowest BCUT2D eigenvalue weighted by atomic mass is 9.99. The van der Waals surface area contributed by atoms with Gasteiger partial charge in [0.2, 0.25) is 0 Å². The van der Waals surface area contributed by atoms with Gasteiger partial charge in [0.25, 0.3) is 0 Å². The van der Waals surface area contributed by atoms with Gasteiger partial charge in [-0.25, -0.2) is 0 Å². The highest BCUT2D eigenvalue weighted by atomic mass is 79.9. The van der Waals surface area contributed by atoms with Crippen LogP contribution < -0.4 is 11.3 Å². The van der Waals surface area contributed by atoms with Crippen molar-refractivity contribution in [3.8, 4) is 0 Å². The number of nitrogens with two attached hydrogens (primary N) is 1. The molecule has 1 aromatic carbocycles. The van der Waals surface area contributed by atoms with Gasteiger partial charge in [0.15, 0.2) is 0 Å². The summed E-state index contributed by atoms with van der Waals surface area (Å²) < 4.78 is 40.4. The molecule has 114 valence electrons. The van der Waals surface area contributed by atoms with Crippen molar-refractivity contribution in [2.75, 3.05) is 0 Å². The van der Waals surface area contributed by atoms with E-state index < -0.39 is 17.8 Å². The first-order valence-corrected chi connectivity index (χ1v) is 6.91. The van der Waals surface area contributed by atoms with E-state index in [1.165, 1.54) is 6.07 Å². The number of aryl methyl sites for hydroxylation is 1. The Morgan fingerprint density at radius 3 is 2.67 bits per heavy atom. The summed E-state index contributed by atoms with van der Waals surface area (Å²) in [6.07, 6.45) is -0.507. The van der Waals surface area contributed by atoms with Gasteiger partial charge in [-0.15, -0.1) is 0 Å². The standard InChI is InChI=1S/C13H14BrF3N4/c1-21-7-8(6-19-21)4-12(20-18)9-2-3-11(14)10(5-9)13(15,16)17/h2-3,5-7,12,20H,4,18H2,1H3. The molecule has 0 aliphatic carbocycles. The third kappa shape index (κ3) is 3.84. The van der Waals surface area contributed by atoms with Crippen LogP contribution in [0.4, 0.5) is 13.2 Å². The maximum Gasteiger partial charge on any atom is 0.417 e. The van der Waals surface area contributed by atoms with Crippen LogP contribution in [0.25, 0.3) is 0 Å². The topological polar surface area (TPSA) is 55.9 Å². The Morgan fingerprint density at radius 2 is 2.14 bits per heavy atom. The number of nitrogens with zero attached hydrogens (tertiary/aromatic N) is 2. The van der Waals surface area contributed by atoms with Crippen molar-refractivity contribution in [2.45, 2.75) is 18.6 Å². The minimum atomic E-state index is -4.41. The SMILES string of the molecule is Cn1cc(CC(NN)c2ccc(Br)c(C(F)(F)F)c2)cn1. The molecule has 8 heteroatoms. The Morgan fingerprint density at radius 1 is 1.43 bits per heavy atom. The second-order valence-corrected chi connectivity index (χ2v) is 5.54. The summed E-state index contributed by atoms with van der Waals surface area (Å²) in [4.78, 5) is 0. The third-order valence-corrected chi connectivity index (χ3v) is 3.79. The second kappa shape index (κ2) is 6.17. The van der Waals surface area contributed by atoms with Gasteiger partial charge in [0.05, 0.1) is 17.8 Å². The lowest BCUT2D eigenvalue weighted by Gasteiger charge is -2.18. The largest absolute Gasteiger partial charge is 0.417 e. The molecule has 2 aromatic rings. The average Bonchev–Trinajstić information content (AvgIpc) is 2.81. The summed E-state index contributed by atoms with van der Waals surface area (Å²) in [5, 5.41) is 4.03. The molecule has 4 nitrogen and oxygen atoms in total. The molecule has 1 atom stereocenters. The Bertz CT molecular complexity index is 624. The molecular formula is C13H14BrF3N4. The number of nitrogens with one attached hydrogen (secondary N) is 1. The van der Waals surface area contributed by atoms with Crippen molar-refractivity contribution in [1.82, 2.24) is 15.2 Å². The van der Waals surface area contributed by atoms with Crippen molar-refractivity contribution in [3.05, 3.63) is 51.8 Å². The lowest BCUT2D eigenvalue weighted by Crippen LogP contribution is -2.29. The molecule has 1 unspecified atom stereocenters. The highest BCUT2D eigenvalue weighted by Crippen LogP contribution is 2.36. The minimum absolute atomic E-state index is 0.0101. The monoisotopic (exact) mass is 362 g/mol. The van der Waals surface area contributed by atoms with E-state index in [0.717, 1.165) is 11.6 Å². The van der Waals surface area contributed by atoms with E-state index in [4.69, 9.17) is 5.84 Å². The van der Waals surface area contributed by atoms with Gasteiger partial charge in [-0.1, -0.05) is 22.0 Å². The Hall–Kier alpha value is -1.38. The normalized spacial score (nSPS) is 13.4. The fourth-order valence-corrected chi connectivity index (χ4v) is 2.53. The van der Waals surface area contributed by atoms with Crippen molar-refractivity contribution in [2.24, 2.45) is 12.9 Å². The van der Waals surface area contributed by atoms with Crippen LogP contribution >= 0.6 is 15.9 Å². The summed E-state index contributed by atoms with van der Waals surface area (Å²) in [6.45, 7) is 0. The van der Waals surface area contributed by atoms with Crippen LogP contribution in [0.2, 0.25) is 0 Å². The lowest BCUT2D eigenvalue weighted by molar-refractivity contribution is -0.138. The summed E-state index contributed by atoms with van der Waals surface area (Å²) in [5.41, 5.74) is 3.19. The average molecular weight is 363 g/mol. The molecule has 0 aliphatic rings.